The van der Waals surface area contributed by atoms with Crippen molar-refractivity contribution in [3.05, 3.63) is 35.9 Å². The van der Waals surface area contributed by atoms with E-state index in [4.69, 9.17) is 0 Å². The molecule has 0 amide bonds. The molecular weight excluding hydrogens is 216 g/mol. The molecule has 2 heteroatoms. The summed E-state index contributed by atoms with van der Waals surface area (Å²) in [4.78, 5) is 11.0. The summed E-state index contributed by atoms with van der Waals surface area (Å²) in [7, 11) is 0. The molecule has 0 aliphatic carbocycles. The third-order valence-corrected chi connectivity index (χ3v) is 2.48. The van der Waals surface area contributed by atoms with Gasteiger partial charge in [0, 0.05) is 11.2 Å². The molecular formula is C10H11BrO. The molecule has 0 radical (unpaired) electrons. The summed E-state index contributed by atoms with van der Waals surface area (Å²) in [6.07, 6.45) is 0.560. The summed E-state index contributed by atoms with van der Waals surface area (Å²) >= 11 is 3.47. The first-order valence-corrected chi connectivity index (χ1v) is 4.80. The van der Waals surface area contributed by atoms with Crippen molar-refractivity contribution >= 4 is 21.7 Å². The van der Waals surface area contributed by atoms with Crippen LogP contribution in [0.2, 0.25) is 0 Å². The lowest BCUT2D eigenvalue weighted by Crippen LogP contribution is -1.96. The minimum absolute atomic E-state index is 0.163. The average molecular weight is 227 g/mol. The molecule has 0 fully saturated rings. The number of rotatable bonds is 3. The van der Waals surface area contributed by atoms with Crippen molar-refractivity contribution in [3.63, 3.8) is 0 Å². The van der Waals surface area contributed by atoms with Crippen LogP contribution in [0.15, 0.2) is 30.3 Å². The highest BCUT2D eigenvalue weighted by atomic mass is 79.9. The maximum absolute atomic E-state index is 10.8. The Morgan fingerprint density at radius 3 is 2.50 bits per heavy atom. The second kappa shape index (κ2) is 4.41. The van der Waals surface area contributed by atoms with Gasteiger partial charge in [-0.1, -0.05) is 46.3 Å². The maximum atomic E-state index is 10.8. The van der Waals surface area contributed by atoms with Crippen LogP contribution in [0.3, 0.4) is 0 Å². The standard InChI is InChI=1S/C10H11BrO/c1-8(12)7-10(11)9-5-3-2-4-6-9/h2-6,10H,7H2,1H3/t10-/m0/s1. The molecule has 64 valence electrons. The van der Waals surface area contributed by atoms with Gasteiger partial charge in [0.15, 0.2) is 0 Å². The molecule has 0 aromatic heterocycles. The van der Waals surface area contributed by atoms with E-state index in [0.29, 0.717) is 6.42 Å². The molecule has 1 nitrogen and oxygen atoms in total. The number of carbonyl (C=O) groups is 1. The van der Waals surface area contributed by atoms with Crippen molar-refractivity contribution in [2.45, 2.75) is 18.2 Å². The zero-order chi connectivity index (χ0) is 8.97. The van der Waals surface area contributed by atoms with Crippen LogP contribution in [-0.2, 0) is 4.79 Å². The van der Waals surface area contributed by atoms with E-state index in [1.807, 2.05) is 30.3 Å². The van der Waals surface area contributed by atoms with Crippen molar-refractivity contribution in [1.29, 1.82) is 0 Å². The number of hydrogen-bond acceptors (Lipinski definition) is 1. The van der Waals surface area contributed by atoms with Crippen molar-refractivity contribution in [1.82, 2.24) is 0 Å². The second-order valence-electron chi connectivity index (χ2n) is 2.78. The van der Waals surface area contributed by atoms with Crippen molar-refractivity contribution < 1.29 is 4.79 Å². The van der Waals surface area contributed by atoms with Crippen molar-refractivity contribution in [3.8, 4) is 0 Å². The minimum atomic E-state index is 0.163. The predicted octanol–water partition coefficient (Wildman–Crippen LogP) is 3.10. The van der Waals surface area contributed by atoms with Crippen LogP contribution < -0.4 is 0 Å². The van der Waals surface area contributed by atoms with Gasteiger partial charge in [0.05, 0.1) is 0 Å². The molecule has 0 bridgehead atoms. The van der Waals surface area contributed by atoms with Gasteiger partial charge in [-0.3, -0.25) is 4.79 Å². The number of Topliss-reactive ketones (excluding diaryl/α,β-unsaturated/α-hetero) is 1. The summed E-state index contributed by atoms with van der Waals surface area (Å²) in [5, 5.41) is 0. The van der Waals surface area contributed by atoms with E-state index in [1.165, 1.54) is 0 Å². The first-order valence-electron chi connectivity index (χ1n) is 3.88. The average Bonchev–Trinajstić information content (AvgIpc) is 2.05. The molecule has 0 N–H and O–H groups in total. The summed E-state index contributed by atoms with van der Waals surface area (Å²) < 4.78 is 0. The zero-order valence-electron chi connectivity index (χ0n) is 6.96. The van der Waals surface area contributed by atoms with E-state index >= 15 is 0 Å². The molecule has 0 spiro atoms. The highest BCUT2D eigenvalue weighted by molar-refractivity contribution is 9.09. The minimum Gasteiger partial charge on any atom is -0.300 e. The fourth-order valence-electron chi connectivity index (χ4n) is 1.03. The molecule has 0 aliphatic rings. The zero-order valence-corrected chi connectivity index (χ0v) is 8.54. The van der Waals surface area contributed by atoms with Crippen LogP contribution in [0.25, 0.3) is 0 Å². The molecule has 1 atom stereocenters. The van der Waals surface area contributed by atoms with E-state index in [-0.39, 0.29) is 10.6 Å². The molecule has 0 heterocycles. The van der Waals surface area contributed by atoms with Gasteiger partial charge in [-0.05, 0) is 12.5 Å². The van der Waals surface area contributed by atoms with Crippen LogP contribution in [0.5, 0.6) is 0 Å². The molecule has 1 rings (SSSR count). The van der Waals surface area contributed by atoms with E-state index < -0.39 is 0 Å². The summed E-state index contributed by atoms with van der Waals surface area (Å²) in [5.41, 5.74) is 1.16. The van der Waals surface area contributed by atoms with Crippen LogP contribution in [0.1, 0.15) is 23.7 Å². The summed E-state index contributed by atoms with van der Waals surface area (Å²) in [6.45, 7) is 1.61. The number of benzene rings is 1. The Balaban J connectivity index is 2.65. The molecule has 12 heavy (non-hydrogen) atoms. The van der Waals surface area contributed by atoms with Gasteiger partial charge in [-0.2, -0.15) is 0 Å². The van der Waals surface area contributed by atoms with E-state index in [1.54, 1.807) is 6.92 Å². The van der Waals surface area contributed by atoms with Gasteiger partial charge in [-0.15, -0.1) is 0 Å². The Kier molecular flexibility index (Phi) is 3.48. The molecule has 0 unspecified atom stereocenters. The van der Waals surface area contributed by atoms with E-state index in [9.17, 15) is 4.79 Å². The number of ketones is 1. The van der Waals surface area contributed by atoms with Crippen LogP contribution in [-0.4, -0.2) is 5.78 Å². The first-order chi connectivity index (χ1) is 5.70. The van der Waals surface area contributed by atoms with E-state index in [0.717, 1.165) is 5.56 Å². The Morgan fingerprint density at radius 2 is 2.00 bits per heavy atom. The van der Waals surface area contributed by atoms with E-state index in [2.05, 4.69) is 15.9 Å². The van der Waals surface area contributed by atoms with Crippen molar-refractivity contribution in [2.24, 2.45) is 0 Å². The monoisotopic (exact) mass is 226 g/mol. The quantitative estimate of drug-likeness (QED) is 0.725. The predicted molar refractivity (Wildman–Crippen MR) is 53.4 cm³/mol. The van der Waals surface area contributed by atoms with Gasteiger partial charge < -0.3 is 0 Å². The number of hydrogen-bond donors (Lipinski definition) is 0. The Hall–Kier alpha value is -0.630. The fourth-order valence-corrected chi connectivity index (χ4v) is 1.79. The highest BCUT2D eigenvalue weighted by Crippen LogP contribution is 2.25. The fraction of sp³-hybridized carbons (Fsp3) is 0.300. The lowest BCUT2D eigenvalue weighted by Gasteiger charge is -2.06. The molecule has 0 saturated heterocycles. The lowest BCUT2D eigenvalue weighted by atomic mass is 10.1. The maximum Gasteiger partial charge on any atom is 0.131 e. The third kappa shape index (κ3) is 2.78. The van der Waals surface area contributed by atoms with Crippen LogP contribution in [0.4, 0.5) is 0 Å². The van der Waals surface area contributed by atoms with Gasteiger partial charge >= 0.3 is 0 Å². The number of alkyl halides is 1. The second-order valence-corrected chi connectivity index (χ2v) is 3.89. The molecule has 0 aliphatic heterocycles. The largest absolute Gasteiger partial charge is 0.300 e. The Morgan fingerprint density at radius 1 is 1.42 bits per heavy atom. The third-order valence-electron chi connectivity index (χ3n) is 1.63. The molecule has 0 saturated carbocycles. The summed E-state index contributed by atoms with van der Waals surface area (Å²) in [6, 6.07) is 9.95. The van der Waals surface area contributed by atoms with Gasteiger partial charge in [0.1, 0.15) is 5.78 Å². The van der Waals surface area contributed by atoms with Gasteiger partial charge in [0.2, 0.25) is 0 Å². The molecule has 1 aromatic carbocycles. The first kappa shape index (κ1) is 9.46. The van der Waals surface area contributed by atoms with Gasteiger partial charge in [-0.25, -0.2) is 0 Å². The number of halogens is 1. The molecule has 1 aromatic rings. The topological polar surface area (TPSA) is 17.1 Å². The summed E-state index contributed by atoms with van der Waals surface area (Å²) in [5.74, 6) is 0.209. The Bertz CT molecular complexity index is 256. The lowest BCUT2D eigenvalue weighted by molar-refractivity contribution is -0.116. The normalized spacial score (nSPS) is 12.5. The SMILES string of the molecule is CC(=O)C[C@H](Br)c1ccccc1. The number of carbonyl (C=O) groups excluding carboxylic acids is 1. The smallest absolute Gasteiger partial charge is 0.131 e. The van der Waals surface area contributed by atoms with Gasteiger partial charge in [0.25, 0.3) is 0 Å². The van der Waals surface area contributed by atoms with Crippen molar-refractivity contribution in [2.75, 3.05) is 0 Å². The van der Waals surface area contributed by atoms with Crippen LogP contribution in [0, 0.1) is 0 Å². The Labute approximate surface area is 80.9 Å². The van der Waals surface area contributed by atoms with Crippen LogP contribution >= 0.6 is 15.9 Å². The highest BCUT2D eigenvalue weighted by Gasteiger charge is 2.08.